The molecule has 1 unspecified atom stereocenters. The number of carbonyl (C=O) groups is 2. The van der Waals surface area contributed by atoms with E-state index >= 15 is 0 Å². The molecule has 1 aromatic rings. The van der Waals surface area contributed by atoms with Gasteiger partial charge in [0.05, 0.1) is 12.7 Å². The summed E-state index contributed by atoms with van der Waals surface area (Å²) < 4.78 is 5.43. The average molecular weight is 314 g/mol. The second kappa shape index (κ2) is 6.96. The quantitative estimate of drug-likeness (QED) is 0.863. The fourth-order valence-corrected chi connectivity index (χ4v) is 2.53. The highest BCUT2D eigenvalue weighted by atomic mass is 16.5. The summed E-state index contributed by atoms with van der Waals surface area (Å²) in [6, 6.07) is 7.65. The van der Waals surface area contributed by atoms with Gasteiger partial charge >= 0.3 is 0 Å². The van der Waals surface area contributed by atoms with E-state index in [1.54, 1.807) is 29.2 Å². The topological polar surface area (TPSA) is 58.6 Å². The third-order valence-electron chi connectivity index (χ3n) is 4.06. The smallest absolute Gasteiger partial charge is 0.251 e. The highest BCUT2D eigenvalue weighted by Gasteiger charge is 2.23. The van der Waals surface area contributed by atoms with Crippen molar-refractivity contribution in [1.29, 1.82) is 0 Å². The fourth-order valence-electron chi connectivity index (χ4n) is 2.53. The number of benzene rings is 1. The van der Waals surface area contributed by atoms with Gasteiger partial charge in [-0.15, -0.1) is 0 Å². The molecule has 1 saturated carbocycles. The van der Waals surface area contributed by atoms with Gasteiger partial charge in [0.25, 0.3) is 5.91 Å². The van der Waals surface area contributed by atoms with Gasteiger partial charge in [0, 0.05) is 30.8 Å². The predicted molar refractivity (Wildman–Crippen MR) is 88.0 cm³/mol. The number of carbonyl (C=O) groups excluding carboxylic acids is 2. The molecular weight excluding hydrogens is 292 g/mol. The molecular formula is C18H22N2O3. The van der Waals surface area contributed by atoms with Crippen molar-refractivity contribution in [2.45, 2.75) is 31.9 Å². The molecule has 1 N–H and O–H groups in total. The second-order valence-electron chi connectivity index (χ2n) is 6.17. The van der Waals surface area contributed by atoms with E-state index in [2.05, 4.69) is 5.32 Å². The van der Waals surface area contributed by atoms with Crippen molar-refractivity contribution in [3.05, 3.63) is 41.5 Å². The normalized spacial score (nSPS) is 21.4. The molecule has 2 fully saturated rings. The summed E-state index contributed by atoms with van der Waals surface area (Å²) in [7, 11) is 0. The Morgan fingerprint density at radius 3 is 2.65 bits per heavy atom. The predicted octanol–water partition coefficient (Wildman–Crippen LogP) is 1.84. The molecule has 0 radical (unpaired) electrons. The summed E-state index contributed by atoms with van der Waals surface area (Å²) in [5, 5.41) is 2.96. The van der Waals surface area contributed by atoms with Crippen molar-refractivity contribution in [1.82, 2.24) is 10.2 Å². The van der Waals surface area contributed by atoms with Crippen LogP contribution in [0.4, 0.5) is 0 Å². The van der Waals surface area contributed by atoms with Crippen LogP contribution in [0.2, 0.25) is 0 Å². The molecule has 1 aromatic carbocycles. The average Bonchev–Trinajstić information content (AvgIpc) is 3.37. The number of morpholine rings is 1. The molecule has 0 aromatic heterocycles. The van der Waals surface area contributed by atoms with E-state index in [0.717, 1.165) is 18.4 Å². The van der Waals surface area contributed by atoms with Gasteiger partial charge in [0.15, 0.2) is 0 Å². The van der Waals surface area contributed by atoms with E-state index < -0.39 is 0 Å². The SMILES string of the molecule is CC1CN(C(=O)/C=C/c2ccc(C(=O)NC3CC3)cc2)CCO1. The highest BCUT2D eigenvalue weighted by molar-refractivity contribution is 5.95. The van der Waals surface area contributed by atoms with Crippen LogP contribution in [-0.2, 0) is 9.53 Å². The van der Waals surface area contributed by atoms with Crippen molar-refractivity contribution in [3.63, 3.8) is 0 Å². The van der Waals surface area contributed by atoms with Crippen molar-refractivity contribution >= 4 is 17.9 Å². The summed E-state index contributed by atoms with van der Waals surface area (Å²) >= 11 is 0. The Morgan fingerprint density at radius 1 is 1.26 bits per heavy atom. The minimum Gasteiger partial charge on any atom is -0.375 e. The molecule has 5 nitrogen and oxygen atoms in total. The molecule has 5 heteroatoms. The van der Waals surface area contributed by atoms with E-state index in [0.29, 0.717) is 31.3 Å². The maximum Gasteiger partial charge on any atom is 0.251 e. The monoisotopic (exact) mass is 314 g/mol. The number of hydrogen-bond donors (Lipinski definition) is 1. The van der Waals surface area contributed by atoms with Crippen LogP contribution in [0.1, 0.15) is 35.7 Å². The van der Waals surface area contributed by atoms with E-state index in [1.807, 2.05) is 19.1 Å². The van der Waals surface area contributed by atoms with Crippen molar-refractivity contribution in [2.75, 3.05) is 19.7 Å². The zero-order chi connectivity index (χ0) is 16.2. The van der Waals surface area contributed by atoms with Gasteiger partial charge in [0.1, 0.15) is 0 Å². The third kappa shape index (κ3) is 4.42. The number of amides is 2. The Morgan fingerprint density at radius 2 is 2.00 bits per heavy atom. The number of nitrogens with zero attached hydrogens (tertiary/aromatic N) is 1. The Balaban J connectivity index is 1.56. The molecule has 0 spiro atoms. The Hall–Kier alpha value is -2.14. The van der Waals surface area contributed by atoms with Gasteiger partial charge in [-0.1, -0.05) is 12.1 Å². The maximum atomic E-state index is 12.1. The summed E-state index contributed by atoms with van der Waals surface area (Å²) in [5.74, 6) is -0.0305. The molecule has 3 rings (SSSR count). The van der Waals surface area contributed by atoms with Gasteiger partial charge in [-0.05, 0) is 43.5 Å². The van der Waals surface area contributed by atoms with Crippen molar-refractivity contribution in [2.24, 2.45) is 0 Å². The first-order valence-corrected chi connectivity index (χ1v) is 8.11. The third-order valence-corrected chi connectivity index (χ3v) is 4.06. The standard InChI is InChI=1S/C18H22N2O3/c1-13-12-20(10-11-23-13)17(21)9-4-14-2-5-15(6-3-14)18(22)19-16-7-8-16/h2-6,9,13,16H,7-8,10-12H2,1H3,(H,19,22)/b9-4+. The van der Waals surface area contributed by atoms with Crippen LogP contribution in [0.3, 0.4) is 0 Å². The first kappa shape index (κ1) is 15.7. The molecule has 23 heavy (non-hydrogen) atoms. The molecule has 1 atom stereocenters. The van der Waals surface area contributed by atoms with Gasteiger partial charge in [-0.3, -0.25) is 9.59 Å². The van der Waals surface area contributed by atoms with Crippen LogP contribution in [-0.4, -0.2) is 48.6 Å². The van der Waals surface area contributed by atoms with Crippen LogP contribution >= 0.6 is 0 Å². The number of hydrogen-bond acceptors (Lipinski definition) is 3. The molecule has 2 amide bonds. The van der Waals surface area contributed by atoms with E-state index in [9.17, 15) is 9.59 Å². The fraction of sp³-hybridized carbons (Fsp3) is 0.444. The molecule has 0 bridgehead atoms. The summed E-state index contributed by atoms with van der Waals surface area (Å²) in [6.45, 7) is 3.82. The first-order valence-electron chi connectivity index (χ1n) is 8.11. The number of ether oxygens (including phenoxy) is 1. The van der Waals surface area contributed by atoms with Gasteiger partial charge in [-0.2, -0.15) is 0 Å². The first-order chi connectivity index (χ1) is 11.1. The molecule has 1 aliphatic heterocycles. The van der Waals surface area contributed by atoms with Crippen LogP contribution in [0, 0.1) is 0 Å². The summed E-state index contributed by atoms with van der Waals surface area (Å²) in [6.07, 6.45) is 5.61. The van der Waals surface area contributed by atoms with Gasteiger partial charge in [0.2, 0.25) is 5.91 Å². The zero-order valence-corrected chi connectivity index (χ0v) is 13.3. The van der Waals surface area contributed by atoms with Gasteiger partial charge < -0.3 is 15.0 Å². The molecule has 1 heterocycles. The van der Waals surface area contributed by atoms with E-state index in [4.69, 9.17) is 4.74 Å². The molecule has 1 saturated heterocycles. The maximum absolute atomic E-state index is 12.1. The van der Waals surface area contributed by atoms with Gasteiger partial charge in [-0.25, -0.2) is 0 Å². The van der Waals surface area contributed by atoms with E-state index in [-0.39, 0.29) is 17.9 Å². The minimum atomic E-state index is -0.0265. The van der Waals surface area contributed by atoms with Crippen LogP contribution < -0.4 is 5.32 Å². The lowest BCUT2D eigenvalue weighted by Crippen LogP contribution is -2.43. The number of rotatable bonds is 4. The molecule has 2 aliphatic rings. The lowest BCUT2D eigenvalue weighted by Gasteiger charge is -2.30. The van der Waals surface area contributed by atoms with Crippen molar-refractivity contribution in [3.8, 4) is 0 Å². The largest absolute Gasteiger partial charge is 0.375 e. The molecule has 122 valence electrons. The van der Waals surface area contributed by atoms with E-state index in [1.165, 1.54) is 0 Å². The van der Waals surface area contributed by atoms with Crippen LogP contribution in [0.15, 0.2) is 30.3 Å². The summed E-state index contributed by atoms with van der Waals surface area (Å²) in [5.41, 5.74) is 1.56. The minimum absolute atomic E-state index is 0.00398. The Bertz CT molecular complexity index is 605. The number of nitrogens with one attached hydrogen (secondary N) is 1. The van der Waals surface area contributed by atoms with Crippen LogP contribution in [0.5, 0.6) is 0 Å². The lowest BCUT2D eigenvalue weighted by molar-refractivity contribution is -0.132. The Kier molecular flexibility index (Phi) is 4.76. The molecule has 1 aliphatic carbocycles. The highest BCUT2D eigenvalue weighted by Crippen LogP contribution is 2.19. The lowest BCUT2D eigenvalue weighted by atomic mass is 10.1. The summed E-state index contributed by atoms with van der Waals surface area (Å²) in [4.78, 5) is 25.8. The van der Waals surface area contributed by atoms with Crippen molar-refractivity contribution < 1.29 is 14.3 Å². The Labute approximate surface area is 136 Å². The zero-order valence-electron chi connectivity index (χ0n) is 13.3. The van der Waals surface area contributed by atoms with Crippen LogP contribution in [0.25, 0.3) is 6.08 Å². The second-order valence-corrected chi connectivity index (χ2v) is 6.17.